The van der Waals surface area contributed by atoms with E-state index in [9.17, 15) is 4.79 Å². The van der Waals surface area contributed by atoms with Crippen LogP contribution in [0.4, 0.5) is 0 Å². The number of aromatic nitrogens is 1. The van der Waals surface area contributed by atoms with Crippen molar-refractivity contribution in [3.05, 3.63) is 35.6 Å². The maximum Gasteiger partial charge on any atom is 0.227 e. The Hall–Kier alpha value is -1.28. The molecule has 0 saturated carbocycles. The largest absolute Gasteiger partial charge is 0.294 e. The molecule has 0 radical (unpaired) electrons. The quantitative estimate of drug-likeness (QED) is 0.631. The molecule has 66 valence electrons. The molecule has 2 nitrogen and oxygen atoms in total. The molecule has 0 fully saturated rings. The van der Waals surface area contributed by atoms with Gasteiger partial charge in [-0.15, -0.1) is 0 Å². The van der Waals surface area contributed by atoms with Crippen molar-refractivity contribution in [2.75, 3.05) is 0 Å². The number of carbonyl (C=O) groups excluding carboxylic acids is 1. The van der Waals surface area contributed by atoms with E-state index in [2.05, 4.69) is 0 Å². The predicted octanol–water partition coefficient (Wildman–Crippen LogP) is 2.95. The van der Waals surface area contributed by atoms with Crippen LogP contribution < -0.4 is 0 Å². The summed E-state index contributed by atoms with van der Waals surface area (Å²) < 4.78 is 1.56. The lowest BCUT2D eigenvalue weighted by atomic mass is 10.2. The second-order valence-corrected chi connectivity index (χ2v) is 3.39. The lowest BCUT2D eigenvalue weighted by Crippen LogP contribution is -2.00. The molecule has 0 unspecified atom stereocenters. The average Bonchev–Trinajstić information content (AvgIpc) is 2.46. The highest BCUT2D eigenvalue weighted by Crippen LogP contribution is 2.19. The molecule has 1 heterocycles. The highest BCUT2D eigenvalue weighted by Gasteiger charge is 2.01. The lowest BCUT2D eigenvalue weighted by Gasteiger charge is -1.89. The SMILES string of the molecule is CC(=O)n1cc2ccc(Cl)cc2c1. The minimum absolute atomic E-state index is 0.00678. The lowest BCUT2D eigenvalue weighted by molar-refractivity contribution is 0.0937. The van der Waals surface area contributed by atoms with E-state index in [0.29, 0.717) is 5.02 Å². The van der Waals surface area contributed by atoms with E-state index < -0.39 is 0 Å². The third-order valence-electron chi connectivity index (χ3n) is 1.97. The molecule has 13 heavy (non-hydrogen) atoms. The van der Waals surface area contributed by atoms with E-state index in [0.717, 1.165) is 10.8 Å². The zero-order valence-electron chi connectivity index (χ0n) is 7.12. The number of nitrogens with zero attached hydrogens (tertiary/aromatic N) is 1. The third-order valence-corrected chi connectivity index (χ3v) is 2.20. The van der Waals surface area contributed by atoms with Gasteiger partial charge in [-0.3, -0.25) is 9.36 Å². The van der Waals surface area contributed by atoms with Crippen LogP contribution >= 0.6 is 11.6 Å². The van der Waals surface area contributed by atoms with E-state index in [1.54, 1.807) is 17.0 Å². The van der Waals surface area contributed by atoms with E-state index in [1.807, 2.05) is 18.2 Å². The molecule has 0 aliphatic carbocycles. The van der Waals surface area contributed by atoms with Crippen molar-refractivity contribution in [1.82, 2.24) is 4.57 Å². The first-order chi connectivity index (χ1) is 6.16. The Morgan fingerprint density at radius 1 is 1.31 bits per heavy atom. The van der Waals surface area contributed by atoms with E-state index in [1.165, 1.54) is 6.92 Å². The van der Waals surface area contributed by atoms with Gasteiger partial charge in [0.1, 0.15) is 0 Å². The summed E-state index contributed by atoms with van der Waals surface area (Å²) in [6.07, 6.45) is 3.58. The maximum atomic E-state index is 11.0. The molecular formula is C10H8ClNO. The summed E-state index contributed by atoms with van der Waals surface area (Å²) in [5.41, 5.74) is 0. The van der Waals surface area contributed by atoms with Crippen molar-refractivity contribution in [1.29, 1.82) is 0 Å². The normalized spacial score (nSPS) is 10.6. The van der Waals surface area contributed by atoms with Gasteiger partial charge in [-0.1, -0.05) is 17.7 Å². The van der Waals surface area contributed by atoms with Crippen LogP contribution in [0, 0.1) is 0 Å². The number of benzene rings is 1. The van der Waals surface area contributed by atoms with Crippen LogP contribution in [0.2, 0.25) is 5.02 Å². The van der Waals surface area contributed by atoms with E-state index >= 15 is 0 Å². The highest BCUT2D eigenvalue weighted by atomic mass is 35.5. The van der Waals surface area contributed by atoms with Gasteiger partial charge in [0.2, 0.25) is 5.91 Å². The molecule has 0 N–H and O–H groups in total. The Kier molecular flexibility index (Phi) is 1.85. The first kappa shape index (κ1) is 8.32. The Morgan fingerprint density at radius 2 is 2.00 bits per heavy atom. The molecule has 0 atom stereocenters. The van der Waals surface area contributed by atoms with Crippen LogP contribution in [0.25, 0.3) is 10.8 Å². The van der Waals surface area contributed by atoms with Gasteiger partial charge in [-0.25, -0.2) is 0 Å². The predicted molar refractivity (Wildman–Crippen MR) is 53.2 cm³/mol. The minimum atomic E-state index is 0.00678. The summed E-state index contributed by atoms with van der Waals surface area (Å²) in [4.78, 5) is 11.0. The first-order valence-electron chi connectivity index (χ1n) is 3.95. The van der Waals surface area contributed by atoms with Gasteiger partial charge < -0.3 is 0 Å². The fraction of sp³-hybridized carbons (Fsp3) is 0.100. The van der Waals surface area contributed by atoms with Crippen LogP contribution in [0.3, 0.4) is 0 Å². The van der Waals surface area contributed by atoms with Crippen molar-refractivity contribution in [2.45, 2.75) is 6.92 Å². The molecule has 0 aliphatic rings. The molecule has 2 rings (SSSR count). The third kappa shape index (κ3) is 1.45. The van der Waals surface area contributed by atoms with Gasteiger partial charge in [0.25, 0.3) is 0 Å². The highest BCUT2D eigenvalue weighted by molar-refractivity contribution is 6.31. The number of carbonyl (C=O) groups is 1. The zero-order chi connectivity index (χ0) is 9.42. The molecule has 2 aromatic rings. The van der Waals surface area contributed by atoms with Gasteiger partial charge in [-0.2, -0.15) is 0 Å². The molecule has 0 bridgehead atoms. The minimum Gasteiger partial charge on any atom is -0.294 e. The Morgan fingerprint density at radius 3 is 2.69 bits per heavy atom. The molecular weight excluding hydrogens is 186 g/mol. The average molecular weight is 194 g/mol. The van der Waals surface area contributed by atoms with Gasteiger partial charge >= 0.3 is 0 Å². The Bertz CT molecular complexity index is 473. The Labute approximate surface area is 80.7 Å². The van der Waals surface area contributed by atoms with Crippen LogP contribution in [-0.2, 0) is 0 Å². The standard InChI is InChI=1S/C10H8ClNO/c1-7(13)12-5-8-2-3-10(11)4-9(8)6-12/h2-6H,1H3. The van der Waals surface area contributed by atoms with Crippen LogP contribution in [0.5, 0.6) is 0 Å². The number of fused-ring (bicyclic) bond motifs is 1. The van der Waals surface area contributed by atoms with Gasteiger partial charge in [0.15, 0.2) is 0 Å². The molecule has 0 amide bonds. The molecule has 1 aromatic carbocycles. The Balaban J connectivity index is 2.68. The van der Waals surface area contributed by atoms with Crippen molar-refractivity contribution in [3.63, 3.8) is 0 Å². The summed E-state index contributed by atoms with van der Waals surface area (Å²) in [5.74, 6) is 0.00678. The van der Waals surface area contributed by atoms with E-state index in [-0.39, 0.29) is 5.91 Å². The van der Waals surface area contributed by atoms with Crippen LogP contribution in [0.15, 0.2) is 30.6 Å². The monoisotopic (exact) mass is 193 g/mol. The smallest absolute Gasteiger partial charge is 0.227 e. The first-order valence-corrected chi connectivity index (χ1v) is 4.33. The number of halogens is 1. The van der Waals surface area contributed by atoms with Crippen LogP contribution in [0.1, 0.15) is 11.7 Å². The summed E-state index contributed by atoms with van der Waals surface area (Å²) in [7, 11) is 0. The maximum absolute atomic E-state index is 11.0. The second-order valence-electron chi connectivity index (χ2n) is 2.96. The molecule has 0 spiro atoms. The molecule has 0 saturated heterocycles. The van der Waals surface area contributed by atoms with Gasteiger partial charge in [0.05, 0.1) is 0 Å². The van der Waals surface area contributed by atoms with Crippen LogP contribution in [-0.4, -0.2) is 10.5 Å². The molecule has 1 aromatic heterocycles. The van der Waals surface area contributed by atoms with Crippen molar-refractivity contribution in [2.24, 2.45) is 0 Å². The number of hydrogen-bond acceptors (Lipinski definition) is 1. The van der Waals surface area contributed by atoms with Gasteiger partial charge in [-0.05, 0) is 17.5 Å². The van der Waals surface area contributed by atoms with Crippen molar-refractivity contribution < 1.29 is 4.79 Å². The zero-order valence-corrected chi connectivity index (χ0v) is 7.88. The fourth-order valence-electron chi connectivity index (χ4n) is 1.29. The fourth-order valence-corrected chi connectivity index (χ4v) is 1.47. The summed E-state index contributed by atoms with van der Waals surface area (Å²) in [6.45, 7) is 1.53. The second kappa shape index (κ2) is 2.89. The summed E-state index contributed by atoms with van der Waals surface area (Å²) in [5, 5.41) is 2.70. The van der Waals surface area contributed by atoms with Crippen molar-refractivity contribution >= 4 is 28.3 Å². The van der Waals surface area contributed by atoms with Crippen molar-refractivity contribution in [3.8, 4) is 0 Å². The number of hydrogen-bond donors (Lipinski definition) is 0. The molecule has 0 aliphatic heterocycles. The van der Waals surface area contributed by atoms with E-state index in [4.69, 9.17) is 11.6 Å². The topological polar surface area (TPSA) is 22.0 Å². The summed E-state index contributed by atoms with van der Waals surface area (Å²) >= 11 is 5.81. The summed E-state index contributed by atoms with van der Waals surface area (Å²) in [6, 6.07) is 5.56. The van der Waals surface area contributed by atoms with Gasteiger partial charge in [0, 0.05) is 29.7 Å². The number of rotatable bonds is 0. The molecule has 3 heteroatoms.